The van der Waals surface area contributed by atoms with E-state index in [4.69, 9.17) is 9.79 Å². The summed E-state index contributed by atoms with van der Waals surface area (Å²) in [5, 5.41) is 8.78. The van der Waals surface area contributed by atoms with Gasteiger partial charge in [-0.1, -0.05) is 25.1 Å². The summed E-state index contributed by atoms with van der Waals surface area (Å²) in [6, 6.07) is 13.7. The second kappa shape index (κ2) is 6.31. The normalized spacial score (nSPS) is 11.6. The second-order valence-electron chi connectivity index (χ2n) is 4.46. The van der Waals surface area contributed by atoms with Crippen LogP contribution in [-0.4, -0.2) is 4.98 Å². The van der Waals surface area contributed by atoms with E-state index in [9.17, 15) is 0 Å². The van der Waals surface area contributed by atoms with Gasteiger partial charge in [-0.2, -0.15) is 5.26 Å². The van der Waals surface area contributed by atoms with E-state index in [1.165, 1.54) is 11.1 Å². The molecule has 2 atom stereocenters. The summed E-state index contributed by atoms with van der Waals surface area (Å²) in [5.74, 6) is 0.983. The van der Waals surface area contributed by atoms with Gasteiger partial charge < -0.3 is 4.52 Å². The zero-order chi connectivity index (χ0) is 13.7. The van der Waals surface area contributed by atoms with Gasteiger partial charge >= 0.3 is 0 Å². The average molecular weight is 270 g/mol. The van der Waals surface area contributed by atoms with Gasteiger partial charge in [0.2, 0.25) is 5.88 Å². The summed E-state index contributed by atoms with van der Waals surface area (Å²) in [6.45, 7) is 2.17. The Kier molecular flexibility index (Phi) is 4.49. The Labute approximate surface area is 115 Å². The molecule has 96 valence electrons. The zero-order valence-corrected chi connectivity index (χ0v) is 11.9. The van der Waals surface area contributed by atoms with Crippen molar-refractivity contribution in [2.45, 2.75) is 19.3 Å². The molecular formula is C15H15N2OP. The van der Waals surface area contributed by atoms with Crippen LogP contribution >= 0.6 is 9.47 Å². The van der Waals surface area contributed by atoms with Gasteiger partial charge in [-0.3, -0.25) is 0 Å². The highest BCUT2D eigenvalue weighted by atomic mass is 31.0. The number of benzene rings is 1. The molecular weight excluding hydrogens is 255 g/mol. The lowest BCUT2D eigenvalue weighted by molar-refractivity contribution is 0.613. The quantitative estimate of drug-likeness (QED) is 0.799. The molecule has 4 heteroatoms. The first-order chi connectivity index (χ1) is 9.22. The Morgan fingerprint density at radius 2 is 2.00 bits per heavy atom. The highest BCUT2D eigenvalue weighted by molar-refractivity contribution is 7.10. The van der Waals surface area contributed by atoms with Gasteiger partial charge in [0.25, 0.3) is 0 Å². The molecule has 0 aliphatic rings. The smallest absolute Gasteiger partial charge is 0.215 e. The first-order valence-corrected chi connectivity index (χ1v) is 6.52. The molecule has 19 heavy (non-hydrogen) atoms. The fourth-order valence-corrected chi connectivity index (χ4v) is 2.10. The van der Waals surface area contributed by atoms with Crippen LogP contribution in [0, 0.1) is 11.3 Å². The third kappa shape index (κ3) is 3.53. The van der Waals surface area contributed by atoms with Crippen molar-refractivity contribution >= 4 is 9.47 Å². The topological polar surface area (TPSA) is 45.9 Å². The lowest BCUT2D eigenvalue weighted by Crippen LogP contribution is -1.99. The van der Waals surface area contributed by atoms with Gasteiger partial charge in [-0.25, -0.2) is 4.98 Å². The Morgan fingerprint density at radius 3 is 2.53 bits per heavy atom. The van der Waals surface area contributed by atoms with E-state index >= 15 is 0 Å². The summed E-state index contributed by atoms with van der Waals surface area (Å²) in [5.41, 5.74) is 3.09. The van der Waals surface area contributed by atoms with Crippen LogP contribution < -0.4 is 4.52 Å². The molecule has 0 aliphatic carbocycles. The SMILES string of the molecule is CC(Cc1ccc(OP)nc1)c1ccc(C#N)cc1. The summed E-state index contributed by atoms with van der Waals surface area (Å²) in [4.78, 5) is 4.19. The molecule has 0 amide bonds. The minimum absolute atomic E-state index is 0.386. The van der Waals surface area contributed by atoms with Crippen molar-refractivity contribution in [3.8, 4) is 11.9 Å². The van der Waals surface area contributed by atoms with Crippen molar-refractivity contribution in [2.75, 3.05) is 0 Å². The Morgan fingerprint density at radius 1 is 1.26 bits per heavy atom. The summed E-state index contributed by atoms with van der Waals surface area (Å²) >= 11 is 0. The minimum Gasteiger partial charge on any atom is -0.463 e. The third-order valence-corrected chi connectivity index (χ3v) is 3.31. The molecule has 2 unspecified atom stereocenters. The molecule has 3 nitrogen and oxygen atoms in total. The number of rotatable bonds is 4. The number of aromatic nitrogens is 1. The molecule has 1 aromatic heterocycles. The first kappa shape index (κ1) is 13.5. The Balaban J connectivity index is 2.06. The van der Waals surface area contributed by atoms with Crippen LogP contribution in [0.4, 0.5) is 0 Å². The van der Waals surface area contributed by atoms with Crippen LogP contribution in [0.5, 0.6) is 5.88 Å². The van der Waals surface area contributed by atoms with E-state index < -0.39 is 0 Å². The maximum Gasteiger partial charge on any atom is 0.215 e. The minimum atomic E-state index is 0.386. The van der Waals surface area contributed by atoms with Gasteiger partial charge in [-0.15, -0.1) is 0 Å². The van der Waals surface area contributed by atoms with Gasteiger partial charge in [-0.05, 0) is 35.6 Å². The predicted octanol–water partition coefficient (Wildman–Crippen LogP) is 3.47. The number of nitrogens with zero attached hydrogens (tertiary/aromatic N) is 2. The van der Waals surface area contributed by atoms with Crippen LogP contribution in [-0.2, 0) is 6.42 Å². The van der Waals surface area contributed by atoms with Crippen LogP contribution in [0.3, 0.4) is 0 Å². The van der Waals surface area contributed by atoms with E-state index in [1.807, 2.05) is 42.6 Å². The first-order valence-electron chi connectivity index (χ1n) is 6.04. The predicted molar refractivity (Wildman–Crippen MR) is 77.9 cm³/mol. The number of pyridine rings is 1. The summed E-state index contributed by atoms with van der Waals surface area (Å²) < 4.78 is 4.96. The van der Waals surface area contributed by atoms with Crippen LogP contribution in [0.25, 0.3) is 0 Å². The molecule has 2 rings (SSSR count). The van der Waals surface area contributed by atoms with Crippen molar-refractivity contribution in [3.05, 3.63) is 59.3 Å². The summed E-state index contributed by atoms with van der Waals surface area (Å²) in [6.07, 6.45) is 2.75. The van der Waals surface area contributed by atoms with Gasteiger partial charge in [0.15, 0.2) is 0 Å². The molecule has 0 spiro atoms. The van der Waals surface area contributed by atoms with Crippen LogP contribution in [0.2, 0.25) is 0 Å². The van der Waals surface area contributed by atoms with E-state index in [0.29, 0.717) is 17.4 Å². The maximum atomic E-state index is 8.78. The monoisotopic (exact) mass is 270 g/mol. The van der Waals surface area contributed by atoms with E-state index in [2.05, 4.69) is 27.4 Å². The lowest BCUT2D eigenvalue weighted by Gasteiger charge is -2.12. The fraction of sp³-hybridized carbons (Fsp3) is 0.200. The summed E-state index contributed by atoms with van der Waals surface area (Å²) in [7, 11) is 2.18. The highest BCUT2D eigenvalue weighted by Gasteiger charge is 2.07. The lowest BCUT2D eigenvalue weighted by atomic mass is 9.94. The molecule has 0 saturated heterocycles. The van der Waals surface area contributed by atoms with Crippen LogP contribution in [0.1, 0.15) is 29.5 Å². The number of hydrogen-bond acceptors (Lipinski definition) is 3. The maximum absolute atomic E-state index is 8.78. The van der Waals surface area contributed by atoms with Crippen molar-refractivity contribution in [1.29, 1.82) is 5.26 Å². The average Bonchev–Trinajstić information content (AvgIpc) is 2.48. The van der Waals surface area contributed by atoms with Gasteiger partial charge in [0, 0.05) is 12.3 Å². The number of hydrogen-bond donors (Lipinski definition) is 0. The molecule has 0 radical (unpaired) electrons. The van der Waals surface area contributed by atoms with E-state index in [-0.39, 0.29) is 0 Å². The standard InChI is InChI=1S/C15H15N2OP/c1-11(14-5-2-12(9-16)3-6-14)8-13-4-7-15(18-19)17-10-13/h2-7,10-11H,8,19H2,1H3. The molecule has 0 aliphatic heterocycles. The number of nitriles is 1. The van der Waals surface area contributed by atoms with Crippen molar-refractivity contribution in [3.63, 3.8) is 0 Å². The Hall–Kier alpha value is -1.91. The van der Waals surface area contributed by atoms with Crippen molar-refractivity contribution < 1.29 is 4.52 Å². The molecule has 0 saturated carbocycles. The molecule has 0 bridgehead atoms. The molecule has 1 aromatic carbocycles. The van der Waals surface area contributed by atoms with Gasteiger partial charge in [0.1, 0.15) is 0 Å². The molecule has 1 heterocycles. The largest absolute Gasteiger partial charge is 0.463 e. The molecule has 2 aromatic rings. The molecule has 0 N–H and O–H groups in total. The van der Waals surface area contributed by atoms with E-state index in [0.717, 1.165) is 6.42 Å². The van der Waals surface area contributed by atoms with Crippen molar-refractivity contribution in [1.82, 2.24) is 4.98 Å². The zero-order valence-electron chi connectivity index (χ0n) is 10.7. The molecule has 0 fully saturated rings. The van der Waals surface area contributed by atoms with Crippen molar-refractivity contribution in [2.24, 2.45) is 0 Å². The third-order valence-electron chi connectivity index (χ3n) is 3.07. The second-order valence-corrected chi connectivity index (χ2v) is 4.70. The fourth-order valence-electron chi connectivity index (χ4n) is 1.96. The highest BCUT2D eigenvalue weighted by Crippen LogP contribution is 2.21. The van der Waals surface area contributed by atoms with Gasteiger partial charge in [0.05, 0.1) is 21.1 Å². The van der Waals surface area contributed by atoms with Crippen LogP contribution in [0.15, 0.2) is 42.6 Å². The Bertz CT molecular complexity index is 573. The van der Waals surface area contributed by atoms with E-state index in [1.54, 1.807) is 0 Å².